The summed E-state index contributed by atoms with van der Waals surface area (Å²) in [7, 11) is 1.63. The molecule has 0 aliphatic carbocycles. The largest absolute Gasteiger partial charge is 0.497 e. The van der Waals surface area contributed by atoms with Gasteiger partial charge in [-0.05, 0) is 54.9 Å². The van der Waals surface area contributed by atoms with Crippen LogP contribution in [-0.4, -0.2) is 43.5 Å². The Morgan fingerprint density at radius 3 is 2.46 bits per heavy atom. The highest BCUT2D eigenvalue weighted by atomic mass is 16.5. The molecular formula is C23H28N2O3. The first-order chi connectivity index (χ1) is 13.7. The number of carbonyl (C=O) groups is 2. The molecule has 1 aliphatic rings. The highest BCUT2D eigenvalue weighted by Gasteiger charge is 2.26. The first-order valence-electron chi connectivity index (χ1n) is 9.89. The molecule has 0 radical (unpaired) electrons. The van der Waals surface area contributed by atoms with Gasteiger partial charge in [-0.3, -0.25) is 9.59 Å². The van der Waals surface area contributed by atoms with E-state index in [-0.39, 0.29) is 0 Å². The number of hydrogen-bond acceptors (Lipinski definition) is 3. The van der Waals surface area contributed by atoms with Gasteiger partial charge in [-0.2, -0.15) is 0 Å². The van der Waals surface area contributed by atoms with Gasteiger partial charge in [0.2, 0.25) is 0 Å². The maximum atomic E-state index is 12.4. The van der Waals surface area contributed by atoms with Crippen LogP contribution in [0.5, 0.6) is 5.75 Å². The number of amides is 2. The average molecular weight is 380 g/mol. The fourth-order valence-electron chi connectivity index (χ4n) is 3.66. The van der Waals surface area contributed by atoms with Crippen LogP contribution in [0.4, 0.5) is 0 Å². The highest BCUT2D eigenvalue weighted by molar-refractivity contribution is 6.35. The number of benzene rings is 2. The van der Waals surface area contributed by atoms with Crippen molar-refractivity contribution in [3.8, 4) is 5.75 Å². The second kappa shape index (κ2) is 9.93. The molecular weight excluding hydrogens is 352 g/mol. The summed E-state index contributed by atoms with van der Waals surface area (Å²) in [4.78, 5) is 26.3. The summed E-state index contributed by atoms with van der Waals surface area (Å²) in [5.41, 5.74) is 2.40. The molecule has 1 heterocycles. The molecule has 0 unspecified atom stereocenters. The van der Waals surface area contributed by atoms with E-state index in [1.54, 1.807) is 12.0 Å². The Morgan fingerprint density at radius 2 is 1.75 bits per heavy atom. The average Bonchev–Trinajstić information content (AvgIpc) is 2.74. The van der Waals surface area contributed by atoms with E-state index in [1.165, 1.54) is 5.56 Å². The van der Waals surface area contributed by atoms with Crippen molar-refractivity contribution >= 4 is 11.8 Å². The SMILES string of the molecule is COc1cccc(CCNC(=O)C(=O)N2CCC(Cc3ccccc3)CC2)c1. The van der Waals surface area contributed by atoms with E-state index >= 15 is 0 Å². The minimum Gasteiger partial charge on any atom is -0.497 e. The molecule has 3 rings (SSSR count). The van der Waals surface area contributed by atoms with E-state index in [4.69, 9.17) is 4.74 Å². The van der Waals surface area contributed by atoms with Gasteiger partial charge < -0.3 is 15.0 Å². The highest BCUT2D eigenvalue weighted by Crippen LogP contribution is 2.21. The van der Waals surface area contributed by atoms with Gasteiger partial charge in [-0.15, -0.1) is 0 Å². The molecule has 28 heavy (non-hydrogen) atoms. The molecule has 2 amide bonds. The van der Waals surface area contributed by atoms with E-state index in [0.717, 1.165) is 30.6 Å². The van der Waals surface area contributed by atoms with Crippen LogP contribution in [0.1, 0.15) is 24.0 Å². The molecule has 148 valence electrons. The van der Waals surface area contributed by atoms with E-state index in [2.05, 4.69) is 29.6 Å². The Kier molecular flexibility index (Phi) is 7.06. The van der Waals surface area contributed by atoms with Crippen molar-refractivity contribution in [1.29, 1.82) is 0 Å². The summed E-state index contributed by atoms with van der Waals surface area (Å²) in [6.45, 7) is 1.74. The lowest BCUT2D eigenvalue weighted by molar-refractivity contribution is -0.146. The van der Waals surface area contributed by atoms with Crippen LogP contribution < -0.4 is 10.1 Å². The molecule has 1 fully saturated rings. The van der Waals surface area contributed by atoms with Gasteiger partial charge in [-0.25, -0.2) is 0 Å². The van der Waals surface area contributed by atoms with Crippen LogP contribution in [0.3, 0.4) is 0 Å². The number of carbonyl (C=O) groups excluding carboxylic acids is 2. The number of likely N-dealkylation sites (tertiary alicyclic amines) is 1. The van der Waals surface area contributed by atoms with Crippen molar-refractivity contribution in [2.24, 2.45) is 5.92 Å². The molecule has 0 aromatic heterocycles. The van der Waals surface area contributed by atoms with Crippen LogP contribution in [0.25, 0.3) is 0 Å². The van der Waals surface area contributed by atoms with Crippen molar-refractivity contribution in [3.63, 3.8) is 0 Å². The third-order valence-corrected chi connectivity index (χ3v) is 5.30. The number of ether oxygens (including phenoxy) is 1. The minimum atomic E-state index is -0.510. The Balaban J connectivity index is 1.40. The Labute approximate surface area is 166 Å². The topological polar surface area (TPSA) is 58.6 Å². The van der Waals surface area contributed by atoms with Crippen molar-refractivity contribution in [2.45, 2.75) is 25.7 Å². The van der Waals surface area contributed by atoms with Crippen LogP contribution in [-0.2, 0) is 22.4 Å². The Morgan fingerprint density at radius 1 is 1.04 bits per heavy atom. The number of nitrogens with one attached hydrogen (secondary N) is 1. The molecule has 1 N–H and O–H groups in total. The zero-order valence-electron chi connectivity index (χ0n) is 16.4. The molecule has 0 bridgehead atoms. The molecule has 1 saturated heterocycles. The third-order valence-electron chi connectivity index (χ3n) is 5.30. The van der Waals surface area contributed by atoms with Gasteiger partial charge >= 0.3 is 11.8 Å². The molecule has 2 aromatic carbocycles. The van der Waals surface area contributed by atoms with Crippen molar-refractivity contribution < 1.29 is 14.3 Å². The summed E-state index contributed by atoms with van der Waals surface area (Å²) in [5, 5.41) is 2.75. The normalized spacial score (nSPS) is 14.5. The fourth-order valence-corrected chi connectivity index (χ4v) is 3.66. The Hall–Kier alpha value is -2.82. The molecule has 5 nitrogen and oxygen atoms in total. The predicted octanol–water partition coefficient (Wildman–Crippen LogP) is 2.84. The fraction of sp³-hybridized carbons (Fsp3) is 0.391. The zero-order chi connectivity index (χ0) is 19.8. The molecule has 5 heteroatoms. The quantitative estimate of drug-likeness (QED) is 0.784. The number of hydrogen-bond donors (Lipinski definition) is 1. The maximum absolute atomic E-state index is 12.4. The second-order valence-electron chi connectivity index (χ2n) is 7.28. The van der Waals surface area contributed by atoms with Crippen molar-refractivity contribution in [3.05, 3.63) is 65.7 Å². The standard InChI is InChI=1S/C23H28N2O3/c1-28-21-9-5-8-19(17-21)10-13-24-22(26)23(27)25-14-11-20(12-15-25)16-18-6-3-2-4-7-18/h2-9,17,20H,10-16H2,1H3,(H,24,26). The molecule has 2 aromatic rings. The first kappa shape index (κ1) is 19.9. The smallest absolute Gasteiger partial charge is 0.311 e. The van der Waals surface area contributed by atoms with Crippen LogP contribution in [0.2, 0.25) is 0 Å². The number of piperidine rings is 1. The van der Waals surface area contributed by atoms with Gasteiger partial charge in [0.15, 0.2) is 0 Å². The molecule has 0 spiro atoms. The van der Waals surface area contributed by atoms with E-state index in [9.17, 15) is 9.59 Å². The minimum absolute atomic E-state index is 0.413. The predicted molar refractivity (Wildman–Crippen MR) is 109 cm³/mol. The number of methoxy groups -OCH3 is 1. The second-order valence-corrected chi connectivity index (χ2v) is 7.28. The zero-order valence-corrected chi connectivity index (χ0v) is 16.4. The van der Waals surface area contributed by atoms with Crippen LogP contribution >= 0.6 is 0 Å². The number of rotatable bonds is 6. The molecule has 1 aliphatic heterocycles. The Bertz CT molecular complexity index is 783. The van der Waals surface area contributed by atoms with Gasteiger partial charge in [0.1, 0.15) is 5.75 Å². The summed E-state index contributed by atoms with van der Waals surface area (Å²) in [6, 6.07) is 18.2. The monoisotopic (exact) mass is 380 g/mol. The summed E-state index contributed by atoms with van der Waals surface area (Å²) in [5.74, 6) is 0.439. The van der Waals surface area contributed by atoms with Gasteiger partial charge in [0.05, 0.1) is 7.11 Å². The maximum Gasteiger partial charge on any atom is 0.311 e. The van der Waals surface area contributed by atoms with Crippen LogP contribution in [0, 0.1) is 5.92 Å². The summed E-state index contributed by atoms with van der Waals surface area (Å²) < 4.78 is 5.20. The lowest BCUT2D eigenvalue weighted by Crippen LogP contribution is -2.47. The molecule has 0 atom stereocenters. The summed E-state index contributed by atoms with van der Waals surface area (Å²) >= 11 is 0. The van der Waals surface area contributed by atoms with E-state index in [1.807, 2.05) is 30.3 Å². The lowest BCUT2D eigenvalue weighted by atomic mass is 9.90. The summed E-state index contributed by atoms with van der Waals surface area (Å²) in [6.07, 6.45) is 3.58. The van der Waals surface area contributed by atoms with Crippen molar-refractivity contribution in [1.82, 2.24) is 10.2 Å². The number of nitrogens with zero attached hydrogens (tertiary/aromatic N) is 1. The van der Waals surface area contributed by atoms with Crippen LogP contribution in [0.15, 0.2) is 54.6 Å². The lowest BCUT2D eigenvalue weighted by Gasteiger charge is -2.31. The van der Waals surface area contributed by atoms with Gasteiger partial charge in [0.25, 0.3) is 0 Å². The van der Waals surface area contributed by atoms with Gasteiger partial charge in [-0.1, -0.05) is 42.5 Å². The van der Waals surface area contributed by atoms with Gasteiger partial charge in [0, 0.05) is 19.6 Å². The van der Waals surface area contributed by atoms with Crippen molar-refractivity contribution in [2.75, 3.05) is 26.7 Å². The molecule has 0 saturated carbocycles. The third kappa shape index (κ3) is 5.59. The van der Waals surface area contributed by atoms with E-state index < -0.39 is 11.8 Å². The van der Waals surface area contributed by atoms with E-state index in [0.29, 0.717) is 32.0 Å². The first-order valence-corrected chi connectivity index (χ1v) is 9.89.